The first-order valence-electron chi connectivity index (χ1n) is 12.6. The van der Waals surface area contributed by atoms with Gasteiger partial charge in [0.25, 0.3) is 5.91 Å². The van der Waals surface area contributed by atoms with Crippen LogP contribution < -0.4 is 19.8 Å². The van der Waals surface area contributed by atoms with Crippen LogP contribution in [0.2, 0.25) is 5.02 Å². The topological polar surface area (TPSA) is 80.5 Å². The van der Waals surface area contributed by atoms with Crippen LogP contribution in [0.25, 0.3) is 11.3 Å². The zero-order valence-electron chi connectivity index (χ0n) is 21.3. The first-order chi connectivity index (χ1) is 19.0. The molecule has 0 aliphatic carbocycles. The Morgan fingerprint density at radius 2 is 1.79 bits per heavy atom. The molecule has 6 rings (SSSR count). The van der Waals surface area contributed by atoms with E-state index in [1.807, 2.05) is 59.4 Å². The molecule has 0 bridgehead atoms. The van der Waals surface area contributed by atoms with Gasteiger partial charge in [0.15, 0.2) is 6.61 Å². The Balaban J connectivity index is 1.40. The van der Waals surface area contributed by atoms with Crippen molar-refractivity contribution in [1.29, 1.82) is 0 Å². The predicted octanol–water partition coefficient (Wildman–Crippen LogP) is 5.54. The molecular formula is C29H26ClN5O3S. The molecule has 10 heteroatoms. The van der Waals surface area contributed by atoms with Crippen LogP contribution in [-0.4, -0.2) is 49.2 Å². The van der Waals surface area contributed by atoms with E-state index in [0.717, 1.165) is 54.5 Å². The number of rotatable bonds is 5. The number of carbonyl (C=O) groups excluding carboxylic acids is 1. The standard InChI is InChI=1S/C29H26ClN5O3S/c1-19(20-2-9-24(10-3-20)34-12-14-37-15-13-34)33-35-26(18-39-29(35)31-23-7-5-22(30)6-8-23)21-4-11-27-25(16-21)32-28(36)17-38-27/h2-11,16,18H,12-15,17H2,1H3,(H,32,36). The maximum absolute atomic E-state index is 11.9. The van der Waals surface area contributed by atoms with E-state index in [0.29, 0.717) is 21.3 Å². The van der Waals surface area contributed by atoms with Crippen LogP contribution >= 0.6 is 22.9 Å². The summed E-state index contributed by atoms with van der Waals surface area (Å²) in [6.45, 7) is 5.29. The van der Waals surface area contributed by atoms with Gasteiger partial charge in [0.1, 0.15) is 5.75 Å². The van der Waals surface area contributed by atoms with E-state index in [1.165, 1.54) is 17.0 Å². The number of aromatic nitrogens is 1. The second kappa shape index (κ2) is 11.1. The molecule has 2 aliphatic heterocycles. The number of carbonyl (C=O) groups is 1. The fourth-order valence-corrected chi connectivity index (χ4v) is 5.46. The zero-order valence-corrected chi connectivity index (χ0v) is 22.8. The van der Waals surface area contributed by atoms with Gasteiger partial charge in [-0.1, -0.05) is 23.7 Å². The second-order valence-corrected chi connectivity index (χ2v) is 10.5. The Bertz CT molecular complexity index is 1600. The highest BCUT2D eigenvalue weighted by atomic mass is 35.5. The number of morpholine rings is 1. The van der Waals surface area contributed by atoms with E-state index < -0.39 is 0 Å². The van der Waals surface area contributed by atoms with E-state index in [-0.39, 0.29) is 12.5 Å². The van der Waals surface area contributed by atoms with Gasteiger partial charge in [-0.2, -0.15) is 5.10 Å². The van der Waals surface area contributed by atoms with Crippen LogP contribution in [0.5, 0.6) is 5.75 Å². The van der Waals surface area contributed by atoms with Gasteiger partial charge in [-0.3, -0.25) is 4.79 Å². The first kappa shape index (κ1) is 25.4. The quantitative estimate of drug-likeness (QED) is 0.325. The monoisotopic (exact) mass is 559 g/mol. The molecule has 0 atom stereocenters. The fraction of sp³-hybridized carbons (Fsp3) is 0.207. The summed E-state index contributed by atoms with van der Waals surface area (Å²) in [6, 6.07) is 21.6. The average Bonchev–Trinajstić information content (AvgIpc) is 3.36. The van der Waals surface area contributed by atoms with E-state index in [9.17, 15) is 4.79 Å². The van der Waals surface area contributed by atoms with Crippen LogP contribution in [-0.2, 0) is 9.53 Å². The highest BCUT2D eigenvalue weighted by molar-refractivity contribution is 7.07. The van der Waals surface area contributed by atoms with Crippen molar-refractivity contribution in [2.75, 3.05) is 43.1 Å². The molecule has 1 saturated heterocycles. The van der Waals surface area contributed by atoms with E-state index >= 15 is 0 Å². The van der Waals surface area contributed by atoms with Crippen molar-refractivity contribution in [3.63, 3.8) is 0 Å². The Morgan fingerprint density at radius 3 is 2.56 bits per heavy atom. The molecule has 0 saturated carbocycles. The molecule has 198 valence electrons. The summed E-state index contributed by atoms with van der Waals surface area (Å²) in [4.78, 5) is 19.8. The molecule has 3 aromatic carbocycles. The lowest BCUT2D eigenvalue weighted by Crippen LogP contribution is -2.36. The number of thiazole rings is 1. The smallest absolute Gasteiger partial charge is 0.262 e. The summed E-state index contributed by atoms with van der Waals surface area (Å²) in [5.41, 5.74) is 6.17. The van der Waals surface area contributed by atoms with Crippen LogP contribution in [0.3, 0.4) is 0 Å². The summed E-state index contributed by atoms with van der Waals surface area (Å²) in [7, 11) is 0. The Hall–Kier alpha value is -3.92. The highest BCUT2D eigenvalue weighted by Gasteiger charge is 2.18. The van der Waals surface area contributed by atoms with E-state index in [2.05, 4.69) is 34.5 Å². The lowest BCUT2D eigenvalue weighted by atomic mass is 10.1. The fourth-order valence-electron chi connectivity index (χ4n) is 4.48. The largest absolute Gasteiger partial charge is 0.482 e. The normalized spacial score (nSPS) is 16.1. The minimum atomic E-state index is -0.175. The minimum absolute atomic E-state index is 0.0166. The minimum Gasteiger partial charge on any atom is -0.482 e. The lowest BCUT2D eigenvalue weighted by molar-refractivity contribution is -0.118. The third-order valence-electron chi connectivity index (χ3n) is 6.56. The van der Waals surface area contributed by atoms with Gasteiger partial charge < -0.3 is 19.7 Å². The summed E-state index contributed by atoms with van der Waals surface area (Å²) < 4.78 is 12.9. The van der Waals surface area contributed by atoms with Crippen molar-refractivity contribution in [1.82, 2.24) is 4.68 Å². The molecule has 2 aliphatic rings. The zero-order chi connectivity index (χ0) is 26.8. The maximum Gasteiger partial charge on any atom is 0.262 e. The molecular weight excluding hydrogens is 534 g/mol. The third-order valence-corrected chi connectivity index (χ3v) is 7.62. The highest BCUT2D eigenvalue weighted by Crippen LogP contribution is 2.33. The number of benzene rings is 3. The van der Waals surface area contributed by atoms with Crippen molar-refractivity contribution in [3.05, 3.63) is 87.5 Å². The summed E-state index contributed by atoms with van der Waals surface area (Å²) in [5, 5.41) is 10.6. The number of nitrogens with zero attached hydrogens (tertiary/aromatic N) is 4. The number of fused-ring (bicyclic) bond motifs is 1. The van der Waals surface area contributed by atoms with Crippen LogP contribution in [0.15, 0.2) is 82.2 Å². The third kappa shape index (κ3) is 5.61. The number of halogens is 1. The van der Waals surface area contributed by atoms with Crippen molar-refractivity contribution in [2.24, 2.45) is 10.1 Å². The Labute approximate surface area is 234 Å². The van der Waals surface area contributed by atoms with Crippen LogP contribution in [0, 0.1) is 0 Å². The van der Waals surface area contributed by atoms with Gasteiger partial charge in [-0.25, -0.2) is 9.67 Å². The molecule has 0 spiro atoms. The SMILES string of the molecule is CC(=Nn1c(-c2ccc3c(c2)NC(=O)CO3)csc1=Nc1ccc(Cl)cc1)c1ccc(N2CCOCC2)cc1. The number of anilines is 2. The average molecular weight is 560 g/mol. The van der Waals surface area contributed by atoms with E-state index in [1.54, 1.807) is 0 Å². The van der Waals surface area contributed by atoms with Gasteiger partial charge in [0, 0.05) is 34.7 Å². The molecule has 1 amide bonds. The molecule has 3 heterocycles. The van der Waals surface area contributed by atoms with Crippen molar-refractivity contribution < 1.29 is 14.3 Å². The summed E-state index contributed by atoms with van der Waals surface area (Å²) >= 11 is 7.57. The number of hydrogen-bond acceptors (Lipinski definition) is 7. The number of amides is 1. The number of ether oxygens (including phenoxy) is 2. The van der Waals surface area contributed by atoms with Gasteiger partial charge in [0.2, 0.25) is 4.80 Å². The van der Waals surface area contributed by atoms with E-state index in [4.69, 9.17) is 31.2 Å². The molecule has 1 aromatic heterocycles. The molecule has 0 radical (unpaired) electrons. The molecule has 0 unspecified atom stereocenters. The maximum atomic E-state index is 11.9. The van der Waals surface area contributed by atoms with Crippen molar-refractivity contribution in [3.8, 4) is 17.0 Å². The van der Waals surface area contributed by atoms with Gasteiger partial charge in [0.05, 0.1) is 36.0 Å². The predicted molar refractivity (Wildman–Crippen MR) is 156 cm³/mol. The second-order valence-electron chi connectivity index (χ2n) is 9.18. The molecule has 1 N–H and O–H groups in total. The van der Waals surface area contributed by atoms with Gasteiger partial charge >= 0.3 is 0 Å². The molecule has 1 fully saturated rings. The number of hydrogen-bond donors (Lipinski definition) is 1. The van der Waals surface area contributed by atoms with Crippen LogP contribution in [0.4, 0.5) is 17.1 Å². The Morgan fingerprint density at radius 1 is 1.03 bits per heavy atom. The van der Waals surface area contributed by atoms with Crippen molar-refractivity contribution in [2.45, 2.75) is 6.92 Å². The molecule has 8 nitrogen and oxygen atoms in total. The van der Waals surface area contributed by atoms with Gasteiger partial charge in [-0.15, -0.1) is 11.3 Å². The van der Waals surface area contributed by atoms with Crippen molar-refractivity contribution >= 4 is 51.6 Å². The van der Waals surface area contributed by atoms with Gasteiger partial charge in [-0.05, 0) is 67.1 Å². The first-order valence-corrected chi connectivity index (χ1v) is 13.9. The lowest BCUT2D eigenvalue weighted by Gasteiger charge is -2.28. The van der Waals surface area contributed by atoms with Crippen LogP contribution in [0.1, 0.15) is 12.5 Å². The summed E-state index contributed by atoms with van der Waals surface area (Å²) in [5.74, 6) is 0.469. The molecule has 39 heavy (non-hydrogen) atoms. The molecule has 4 aromatic rings. The number of nitrogens with one attached hydrogen (secondary N) is 1. The Kier molecular flexibility index (Phi) is 7.19. The summed E-state index contributed by atoms with van der Waals surface area (Å²) in [6.07, 6.45) is 0.